The molecule has 3 fully saturated rings. The third-order valence-electron chi connectivity index (χ3n) is 7.21. The van der Waals surface area contributed by atoms with Gasteiger partial charge in [0, 0.05) is 51.9 Å². The third-order valence-corrected chi connectivity index (χ3v) is 7.21. The Labute approximate surface area is 171 Å². The standard InChI is InChI=1S/C21H33N5O3/c1-22(2)13-18-15-9-14(16-7-5-6-8-26(16)18)11-25(12-15)20(28)17-10-19(27)24(4)21(29)23(17)3/h10,14-16,18H,5-9,11-13H2,1-4H3/t14-,15+,16+,18+/m1/s1. The molecule has 0 saturated carbocycles. The summed E-state index contributed by atoms with van der Waals surface area (Å²) in [5.74, 6) is 0.711. The minimum absolute atomic E-state index is 0.190. The van der Waals surface area contributed by atoms with Crippen molar-refractivity contribution in [3.63, 3.8) is 0 Å². The highest BCUT2D eigenvalue weighted by atomic mass is 16.2. The smallest absolute Gasteiger partial charge is 0.331 e. The van der Waals surface area contributed by atoms with E-state index in [0.717, 1.165) is 17.7 Å². The molecule has 0 spiro atoms. The Hall–Kier alpha value is -1.93. The Kier molecular flexibility index (Phi) is 5.42. The number of hydrogen-bond donors (Lipinski definition) is 0. The predicted octanol–water partition coefficient (Wildman–Crippen LogP) is -0.0394. The van der Waals surface area contributed by atoms with E-state index in [1.165, 1.54) is 43.4 Å². The summed E-state index contributed by atoms with van der Waals surface area (Å²) in [5, 5.41) is 0. The summed E-state index contributed by atoms with van der Waals surface area (Å²) in [5.41, 5.74) is -0.692. The summed E-state index contributed by atoms with van der Waals surface area (Å²) in [4.78, 5) is 44.6. The van der Waals surface area contributed by atoms with Gasteiger partial charge in [0.25, 0.3) is 11.5 Å². The van der Waals surface area contributed by atoms with Gasteiger partial charge in [0.1, 0.15) is 5.69 Å². The van der Waals surface area contributed by atoms with Gasteiger partial charge in [-0.25, -0.2) is 4.79 Å². The van der Waals surface area contributed by atoms with E-state index < -0.39 is 11.2 Å². The molecular weight excluding hydrogens is 370 g/mol. The van der Waals surface area contributed by atoms with Crippen molar-refractivity contribution in [2.75, 3.05) is 40.3 Å². The minimum Gasteiger partial charge on any atom is -0.337 e. The van der Waals surface area contributed by atoms with E-state index in [1.54, 1.807) is 7.05 Å². The fraction of sp³-hybridized carbons (Fsp3) is 0.762. The molecule has 8 heteroatoms. The molecule has 0 N–H and O–H groups in total. The molecule has 3 saturated heterocycles. The van der Waals surface area contributed by atoms with Gasteiger partial charge in [-0.2, -0.15) is 0 Å². The van der Waals surface area contributed by atoms with E-state index in [4.69, 9.17) is 0 Å². The highest BCUT2D eigenvalue weighted by Crippen LogP contribution is 2.41. The van der Waals surface area contributed by atoms with Gasteiger partial charge in [-0.3, -0.25) is 23.6 Å². The predicted molar refractivity (Wildman–Crippen MR) is 111 cm³/mol. The lowest BCUT2D eigenvalue weighted by atomic mass is 9.72. The van der Waals surface area contributed by atoms with Gasteiger partial charge in [0.15, 0.2) is 0 Å². The molecule has 1 amide bonds. The minimum atomic E-state index is -0.456. The first kappa shape index (κ1) is 20.3. The Balaban J connectivity index is 1.64. The quantitative estimate of drug-likeness (QED) is 0.708. The molecule has 4 rings (SSSR count). The number of piperidine rings is 3. The molecule has 160 valence electrons. The van der Waals surface area contributed by atoms with Crippen LogP contribution in [0.3, 0.4) is 0 Å². The van der Waals surface area contributed by atoms with Gasteiger partial charge in [0.05, 0.1) is 0 Å². The van der Waals surface area contributed by atoms with E-state index in [0.29, 0.717) is 37.0 Å². The van der Waals surface area contributed by atoms with Crippen LogP contribution in [0.2, 0.25) is 0 Å². The molecular formula is C21H33N5O3. The molecule has 8 nitrogen and oxygen atoms in total. The van der Waals surface area contributed by atoms with Crippen molar-refractivity contribution in [2.24, 2.45) is 25.9 Å². The molecule has 4 atom stereocenters. The van der Waals surface area contributed by atoms with E-state index in [1.807, 2.05) is 4.90 Å². The summed E-state index contributed by atoms with van der Waals surface area (Å²) in [6.45, 7) is 3.57. The zero-order valence-electron chi connectivity index (χ0n) is 18.0. The molecule has 1 aromatic rings. The van der Waals surface area contributed by atoms with Gasteiger partial charge in [0.2, 0.25) is 0 Å². The second-order valence-corrected chi connectivity index (χ2v) is 9.36. The van der Waals surface area contributed by atoms with E-state index in [-0.39, 0.29) is 11.6 Å². The zero-order valence-corrected chi connectivity index (χ0v) is 18.0. The summed E-state index contributed by atoms with van der Waals surface area (Å²) in [7, 11) is 7.24. The van der Waals surface area contributed by atoms with Crippen LogP contribution in [0.1, 0.15) is 36.2 Å². The van der Waals surface area contributed by atoms with Gasteiger partial charge in [-0.15, -0.1) is 0 Å². The SMILES string of the molecule is CN(C)C[C@H]1[C@H]2C[C@H](CN(C(=O)c3cc(=O)n(C)c(=O)n3C)C2)[C@@H]2CCCCN21. The lowest BCUT2D eigenvalue weighted by Crippen LogP contribution is -2.66. The monoisotopic (exact) mass is 403 g/mol. The Morgan fingerprint density at radius 2 is 1.83 bits per heavy atom. The maximum Gasteiger partial charge on any atom is 0.331 e. The van der Waals surface area contributed by atoms with Gasteiger partial charge < -0.3 is 9.80 Å². The van der Waals surface area contributed by atoms with Crippen LogP contribution < -0.4 is 11.2 Å². The maximum atomic E-state index is 13.4. The lowest BCUT2D eigenvalue weighted by molar-refractivity contribution is -0.0704. The molecule has 29 heavy (non-hydrogen) atoms. The first-order chi connectivity index (χ1) is 13.8. The van der Waals surface area contributed by atoms with E-state index in [2.05, 4.69) is 23.9 Å². The van der Waals surface area contributed by atoms with Gasteiger partial charge >= 0.3 is 5.69 Å². The average Bonchev–Trinajstić information content (AvgIpc) is 2.71. The molecule has 3 aliphatic rings. The first-order valence-corrected chi connectivity index (χ1v) is 10.7. The lowest BCUT2D eigenvalue weighted by Gasteiger charge is -2.57. The van der Waals surface area contributed by atoms with Crippen LogP contribution in [0.5, 0.6) is 0 Å². The van der Waals surface area contributed by atoms with Crippen molar-refractivity contribution in [3.8, 4) is 0 Å². The number of amides is 1. The Morgan fingerprint density at radius 1 is 1.10 bits per heavy atom. The van der Waals surface area contributed by atoms with Crippen molar-refractivity contribution in [1.82, 2.24) is 23.8 Å². The largest absolute Gasteiger partial charge is 0.337 e. The summed E-state index contributed by atoms with van der Waals surface area (Å²) in [6, 6.07) is 2.29. The number of carbonyl (C=O) groups is 1. The zero-order chi connectivity index (χ0) is 20.9. The highest BCUT2D eigenvalue weighted by molar-refractivity contribution is 5.92. The maximum absolute atomic E-state index is 13.4. The second-order valence-electron chi connectivity index (χ2n) is 9.36. The second kappa shape index (κ2) is 7.72. The normalized spacial score (nSPS) is 29.8. The highest BCUT2D eigenvalue weighted by Gasteiger charge is 2.48. The fourth-order valence-electron chi connectivity index (χ4n) is 5.80. The summed E-state index contributed by atoms with van der Waals surface area (Å²) < 4.78 is 2.34. The van der Waals surface area contributed by atoms with Crippen LogP contribution in [0.25, 0.3) is 0 Å². The number of hydrogen-bond acceptors (Lipinski definition) is 5. The number of aromatic nitrogens is 2. The van der Waals surface area contributed by atoms with Gasteiger partial charge in [-0.05, 0) is 51.7 Å². The molecule has 4 heterocycles. The van der Waals surface area contributed by atoms with Gasteiger partial charge in [-0.1, -0.05) is 6.42 Å². The molecule has 2 bridgehead atoms. The Bertz CT molecular complexity index is 905. The van der Waals surface area contributed by atoms with Crippen molar-refractivity contribution in [2.45, 2.75) is 37.8 Å². The number of rotatable bonds is 3. The molecule has 3 aliphatic heterocycles. The third kappa shape index (κ3) is 3.57. The van der Waals surface area contributed by atoms with Crippen LogP contribution in [-0.2, 0) is 14.1 Å². The average molecular weight is 404 g/mol. The van der Waals surface area contributed by atoms with Crippen molar-refractivity contribution < 1.29 is 4.79 Å². The number of nitrogens with zero attached hydrogens (tertiary/aromatic N) is 5. The molecule has 0 unspecified atom stereocenters. The first-order valence-electron chi connectivity index (χ1n) is 10.7. The number of carbonyl (C=O) groups excluding carboxylic acids is 1. The van der Waals surface area contributed by atoms with Crippen LogP contribution in [0.15, 0.2) is 15.7 Å². The summed E-state index contributed by atoms with van der Waals surface area (Å²) in [6.07, 6.45) is 4.89. The summed E-state index contributed by atoms with van der Waals surface area (Å²) >= 11 is 0. The van der Waals surface area contributed by atoms with Crippen LogP contribution in [0.4, 0.5) is 0 Å². The van der Waals surface area contributed by atoms with Crippen molar-refractivity contribution in [3.05, 3.63) is 32.6 Å². The van der Waals surface area contributed by atoms with E-state index >= 15 is 0 Å². The van der Waals surface area contributed by atoms with Crippen LogP contribution in [-0.4, -0.2) is 82.1 Å². The number of likely N-dealkylation sites (tertiary alicyclic amines) is 1. The number of fused-ring (bicyclic) bond motifs is 4. The molecule has 0 radical (unpaired) electrons. The molecule has 1 aromatic heterocycles. The topological polar surface area (TPSA) is 70.8 Å². The van der Waals surface area contributed by atoms with Crippen molar-refractivity contribution in [1.29, 1.82) is 0 Å². The van der Waals surface area contributed by atoms with E-state index in [9.17, 15) is 14.4 Å². The molecule has 0 aromatic carbocycles. The Morgan fingerprint density at radius 3 is 2.55 bits per heavy atom. The van der Waals surface area contributed by atoms with Crippen molar-refractivity contribution >= 4 is 5.91 Å². The van der Waals surface area contributed by atoms with Crippen LogP contribution in [0, 0.1) is 11.8 Å². The van der Waals surface area contributed by atoms with Crippen LogP contribution >= 0.6 is 0 Å². The number of likely N-dealkylation sites (N-methyl/N-ethyl adjacent to an activating group) is 1. The fourth-order valence-corrected chi connectivity index (χ4v) is 5.80. The molecule has 0 aliphatic carbocycles.